The summed E-state index contributed by atoms with van der Waals surface area (Å²) in [6.45, 7) is 3.51. The van der Waals surface area contributed by atoms with Crippen molar-refractivity contribution < 1.29 is 9.59 Å². The number of thiophene rings is 1. The lowest BCUT2D eigenvalue weighted by molar-refractivity contribution is -0.116. The van der Waals surface area contributed by atoms with Crippen LogP contribution in [0.3, 0.4) is 0 Å². The number of amides is 1. The molecular formula is C19H18N2O2S2. The summed E-state index contributed by atoms with van der Waals surface area (Å²) >= 11 is 3.30. The molecule has 1 N–H and O–H groups in total. The van der Waals surface area contributed by atoms with E-state index in [2.05, 4.69) is 16.4 Å². The number of aromatic nitrogens is 1. The Hall–Kier alpha value is -2.31. The zero-order valence-electron chi connectivity index (χ0n) is 14.0. The average molecular weight is 370 g/mol. The summed E-state index contributed by atoms with van der Waals surface area (Å²) in [6.07, 6.45) is 1.06. The quantitative estimate of drug-likeness (QED) is 0.624. The molecule has 0 unspecified atom stereocenters. The van der Waals surface area contributed by atoms with Crippen molar-refractivity contribution in [1.82, 2.24) is 4.98 Å². The molecule has 0 saturated heterocycles. The number of carbonyl (C=O) groups is 2. The van der Waals surface area contributed by atoms with Crippen LogP contribution in [-0.4, -0.2) is 16.7 Å². The van der Waals surface area contributed by atoms with E-state index in [0.29, 0.717) is 24.1 Å². The van der Waals surface area contributed by atoms with Crippen LogP contribution in [0.4, 0.5) is 5.69 Å². The van der Waals surface area contributed by atoms with E-state index < -0.39 is 0 Å². The molecule has 6 heteroatoms. The average Bonchev–Trinajstić information content (AvgIpc) is 3.22. The Kier molecular flexibility index (Phi) is 5.40. The highest BCUT2D eigenvalue weighted by Gasteiger charge is 2.14. The summed E-state index contributed by atoms with van der Waals surface area (Å²) < 4.78 is 0. The molecule has 0 spiro atoms. The molecule has 0 atom stereocenters. The number of ketones is 1. The Bertz CT molecular complexity index is 881. The number of hydrogen-bond donors (Lipinski definition) is 1. The van der Waals surface area contributed by atoms with Crippen LogP contribution in [0.5, 0.6) is 0 Å². The molecule has 0 aliphatic rings. The Morgan fingerprint density at radius 3 is 2.56 bits per heavy atom. The molecule has 128 valence electrons. The second kappa shape index (κ2) is 7.72. The number of Topliss-reactive ketones (excluding diaryl/α,β-unsaturated/α-hetero) is 1. The number of nitrogens with one attached hydrogen (secondary N) is 1. The highest BCUT2D eigenvalue weighted by Crippen LogP contribution is 2.32. The van der Waals surface area contributed by atoms with Crippen molar-refractivity contribution in [3.8, 4) is 10.6 Å². The second-order valence-electron chi connectivity index (χ2n) is 5.66. The van der Waals surface area contributed by atoms with Gasteiger partial charge < -0.3 is 5.32 Å². The molecule has 1 amide bonds. The molecule has 0 saturated carbocycles. The third-order valence-electron chi connectivity index (χ3n) is 3.71. The molecular weight excluding hydrogens is 352 g/mol. The van der Waals surface area contributed by atoms with Crippen LogP contribution < -0.4 is 5.32 Å². The van der Waals surface area contributed by atoms with Gasteiger partial charge in [-0.25, -0.2) is 4.98 Å². The van der Waals surface area contributed by atoms with Crippen LogP contribution in [0, 0.1) is 6.92 Å². The van der Waals surface area contributed by atoms with Gasteiger partial charge in [-0.3, -0.25) is 9.59 Å². The van der Waals surface area contributed by atoms with Crippen molar-refractivity contribution in [2.45, 2.75) is 26.7 Å². The molecule has 4 nitrogen and oxygen atoms in total. The zero-order valence-corrected chi connectivity index (χ0v) is 15.7. The fourth-order valence-corrected chi connectivity index (χ4v) is 4.24. The van der Waals surface area contributed by atoms with Crippen LogP contribution in [0.1, 0.15) is 33.6 Å². The summed E-state index contributed by atoms with van der Waals surface area (Å²) in [4.78, 5) is 30.4. The summed E-state index contributed by atoms with van der Waals surface area (Å²) in [5.74, 6) is -0.0293. The molecule has 0 fully saturated rings. The summed E-state index contributed by atoms with van der Waals surface area (Å²) in [7, 11) is 0. The van der Waals surface area contributed by atoms with Gasteiger partial charge in [0, 0.05) is 22.5 Å². The minimum Gasteiger partial charge on any atom is -0.326 e. The first-order valence-corrected chi connectivity index (χ1v) is 9.63. The van der Waals surface area contributed by atoms with Crippen LogP contribution in [0.25, 0.3) is 10.6 Å². The highest BCUT2D eigenvalue weighted by molar-refractivity contribution is 7.15. The van der Waals surface area contributed by atoms with Crippen molar-refractivity contribution >= 4 is 40.1 Å². The maximum absolute atomic E-state index is 12.2. The fourth-order valence-electron chi connectivity index (χ4n) is 2.48. The van der Waals surface area contributed by atoms with E-state index in [1.165, 1.54) is 6.92 Å². The van der Waals surface area contributed by atoms with Gasteiger partial charge in [-0.15, -0.1) is 22.7 Å². The zero-order chi connectivity index (χ0) is 17.8. The number of carbonyl (C=O) groups excluding carboxylic acids is 2. The number of nitrogens with zero attached hydrogens (tertiary/aromatic N) is 1. The first-order valence-electron chi connectivity index (χ1n) is 7.94. The first-order chi connectivity index (χ1) is 12.0. The SMILES string of the molecule is CC(=O)c1ccc(NC(=O)CCc2sc(C)nc2-c2cccs2)cc1. The van der Waals surface area contributed by atoms with Gasteiger partial charge in [-0.1, -0.05) is 6.07 Å². The third kappa shape index (κ3) is 4.41. The van der Waals surface area contributed by atoms with E-state index in [0.717, 1.165) is 20.5 Å². The largest absolute Gasteiger partial charge is 0.326 e. The second-order valence-corrected chi connectivity index (χ2v) is 7.90. The monoisotopic (exact) mass is 370 g/mol. The van der Waals surface area contributed by atoms with E-state index in [-0.39, 0.29) is 11.7 Å². The van der Waals surface area contributed by atoms with Crippen molar-refractivity contribution in [2.24, 2.45) is 0 Å². The van der Waals surface area contributed by atoms with Gasteiger partial charge in [0.2, 0.25) is 5.91 Å². The molecule has 0 aliphatic carbocycles. The standard InChI is InChI=1S/C19H18N2O2S2/c1-12(22)14-5-7-15(8-6-14)21-18(23)10-9-17-19(20-13(2)25-17)16-4-3-11-24-16/h3-8,11H,9-10H2,1-2H3,(H,21,23). The first kappa shape index (κ1) is 17.5. The molecule has 0 bridgehead atoms. The van der Waals surface area contributed by atoms with Crippen molar-refractivity contribution in [1.29, 1.82) is 0 Å². The Morgan fingerprint density at radius 1 is 1.16 bits per heavy atom. The topological polar surface area (TPSA) is 59.1 Å². The van der Waals surface area contributed by atoms with Gasteiger partial charge >= 0.3 is 0 Å². The third-order valence-corrected chi connectivity index (χ3v) is 5.62. The molecule has 2 heterocycles. The van der Waals surface area contributed by atoms with Gasteiger partial charge in [0.05, 0.1) is 15.6 Å². The normalized spacial score (nSPS) is 10.6. The Morgan fingerprint density at radius 2 is 1.92 bits per heavy atom. The van der Waals surface area contributed by atoms with Gasteiger partial charge in [-0.2, -0.15) is 0 Å². The lowest BCUT2D eigenvalue weighted by Crippen LogP contribution is -2.12. The van der Waals surface area contributed by atoms with Gasteiger partial charge in [-0.05, 0) is 56.0 Å². The Balaban J connectivity index is 1.62. The summed E-state index contributed by atoms with van der Waals surface area (Å²) in [5, 5.41) is 5.92. The van der Waals surface area contributed by atoms with Crippen molar-refractivity contribution in [3.63, 3.8) is 0 Å². The van der Waals surface area contributed by atoms with Gasteiger partial charge in [0.15, 0.2) is 5.78 Å². The number of benzene rings is 1. The molecule has 0 aliphatic heterocycles. The van der Waals surface area contributed by atoms with Crippen LogP contribution >= 0.6 is 22.7 Å². The summed E-state index contributed by atoms with van der Waals surface area (Å²) in [5.41, 5.74) is 2.34. The van der Waals surface area contributed by atoms with E-state index in [9.17, 15) is 9.59 Å². The van der Waals surface area contributed by atoms with Crippen LogP contribution in [-0.2, 0) is 11.2 Å². The van der Waals surface area contributed by atoms with Gasteiger partial charge in [0.25, 0.3) is 0 Å². The number of anilines is 1. The Labute approximate surface area is 154 Å². The van der Waals surface area contributed by atoms with Crippen molar-refractivity contribution in [3.05, 3.63) is 57.2 Å². The maximum atomic E-state index is 12.2. The van der Waals surface area contributed by atoms with Crippen LogP contribution in [0.2, 0.25) is 0 Å². The number of rotatable bonds is 6. The fraction of sp³-hybridized carbons (Fsp3) is 0.211. The number of thiazole rings is 1. The van der Waals surface area contributed by atoms with Crippen molar-refractivity contribution in [2.75, 3.05) is 5.32 Å². The van der Waals surface area contributed by atoms with E-state index in [1.807, 2.05) is 18.4 Å². The molecule has 3 aromatic rings. The number of aryl methyl sites for hydroxylation is 2. The molecule has 3 rings (SSSR count). The highest BCUT2D eigenvalue weighted by atomic mass is 32.1. The van der Waals surface area contributed by atoms with Gasteiger partial charge in [0.1, 0.15) is 0 Å². The lowest BCUT2D eigenvalue weighted by atomic mass is 10.1. The molecule has 2 aromatic heterocycles. The maximum Gasteiger partial charge on any atom is 0.224 e. The molecule has 25 heavy (non-hydrogen) atoms. The smallest absolute Gasteiger partial charge is 0.224 e. The molecule has 1 aromatic carbocycles. The lowest BCUT2D eigenvalue weighted by Gasteiger charge is -2.06. The van der Waals surface area contributed by atoms with Crippen LogP contribution in [0.15, 0.2) is 41.8 Å². The minimum atomic E-state index is -0.0428. The van der Waals surface area contributed by atoms with E-state index >= 15 is 0 Å². The minimum absolute atomic E-state index is 0.0135. The molecule has 0 radical (unpaired) electrons. The predicted octanol–water partition coefficient (Wildman–Crippen LogP) is 4.95. The predicted molar refractivity (Wildman–Crippen MR) is 104 cm³/mol. The summed E-state index contributed by atoms with van der Waals surface area (Å²) in [6, 6.07) is 11.0. The van der Waals surface area contributed by atoms with E-state index in [4.69, 9.17) is 0 Å². The van der Waals surface area contributed by atoms with E-state index in [1.54, 1.807) is 46.9 Å². The number of hydrogen-bond acceptors (Lipinski definition) is 5.